The van der Waals surface area contributed by atoms with Crippen LogP contribution in [0, 0.1) is 0 Å². The van der Waals surface area contributed by atoms with Crippen LogP contribution in [-0.4, -0.2) is 103 Å². The summed E-state index contributed by atoms with van der Waals surface area (Å²) in [6.07, 6.45) is 5.16. The lowest BCUT2D eigenvalue weighted by atomic mass is 10.2. The third kappa shape index (κ3) is 25.0. The fraction of sp³-hybridized carbons (Fsp3) is 0.913. The van der Waals surface area contributed by atoms with Gasteiger partial charge in [-0.2, -0.15) is 0 Å². The molecule has 0 aromatic rings. The minimum Gasteiger partial charge on any atom is -0.379 e. The Morgan fingerprint density at radius 1 is 0.656 bits per heavy atom. The van der Waals surface area contributed by atoms with Gasteiger partial charge in [0.05, 0.1) is 26.4 Å². The van der Waals surface area contributed by atoms with E-state index in [0.29, 0.717) is 65.4 Å². The van der Waals surface area contributed by atoms with Crippen LogP contribution >= 0.6 is 0 Å². The molecule has 0 spiro atoms. The zero-order valence-corrected chi connectivity index (χ0v) is 20.7. The van der Waals surface area contributed by atoms with Crippen LogP contribution in [0.1, 0.15) is 51.9 Å². The second-order valence-electron chi connectivity index (χ2n) is 7.96. The zero-order valence-electron chi connectivity index (χ0n) is 20.7. The summed E-state index contributed by atoms with van der Waals surface area (Å²) in [5.74, 6) is 0.00620. The average Bonchev–Trinajstić information content (AvgIpc) is 2.76. The van der Waals surface area contributed by atoms with E-state index in [2.05, 4.69) is 27.8 Å². The first-order valence-electron chi connectivity index (χ1n) is 12.2. The number of nitrogens with zero attached hydrogens (tertiary/aromatic N) is 1. The Kier molecular flexibility index (Phi) is 23.4. The molecule has 0 unspecified atom stereocenters. The first-order chi connectivity index (χ1) is 15.6. The van der Waals surface area contributed by atoms with Gasteiger partial charge in [-0.25, -0.2) is 0 Å². The molecule has 0 rings (SSSR count). The van der Waals surface area contributed by atoms with Crippen molar-refractivity contribution in [3.63, 3.8) is 0 Å². The van der Waals surface area contributed by atoms with Gasteiger partial charge < -0.3 is 35.1 Å². The fourth-order valence-electron chi connectivity index (χ4n) is 2.79. The van der Waals surface area contributed by atoms with E-state index in [9.17, 15) is 9.59 Å². The van der Waals surface area contributed by atoms with Crippen molar-refractivity contribution in [1.29, 1.82) is 0 Å². The van der Waals surface area contributed by atoms with E-state index in [4.69, 9.17) is 14.2 Å². The van der Waals surface area contributed by atoms with E-state index >= 15 is 0 Å². The normalized spacial score (nSPS) is 11.1. The van der Waals surface area contributed by atoms with Gasteiger partial charge in [0.15, 0.2) is 0 Å². The van der Waals surface area contributed by atoms with Crippen LogP contribution in [0.2, 0.25) is 0 Å². The van der Waals surface area contributed by atoms with Crippen molar-refractivity contribution in [2.75, 3.05) is 86.5 Å². The van der Waals surface area contributed by atoms with Gasteiger partial charge in [-0.1, -0.05) is 6.92 Å². The van der Waals surface area contributed by atoms with Crippen molar-refractivity contribution in [2.45, 2.75) is 51.9 Å². The molecule has 0 aromatic carbocycles. The third-order valence-corrected chi connectivity index (χ3v) is 4.59. The molecule has 0 radical (unpaired) electrons. The maximum Gasteiger partial charge on any atom is 0.220 e. The predicted octanol–water partition coefficient (Wildman–Crippen LogP) is 1.17. The number of rotatable bonds is 24. The highest BCUT2D eigenvalue weighted by atomic mass is 16.5. The Labute approximate surface area is 195 Å². The highest BCUT2D eigenvalue weighted by Crippen LogP contribution is 1.96. The molecule has 3 N–H and O–H groups in total. The van der Waals surface area contributed by atoms with Crippen molar-refractivity contribution < 1.29 is 23.8 Å². The highest BCUT2D eigenvalue weighted by Gasteiger charge is 2.05. The first kappa shape index (κ1) is 30.7. The van der Waals surface area contributed by atoms with Crippen LogP contribution in [0.5, 0.6) is 0 Å². The van der Waals surface area contributed by atoms with Crippen LogP contribution in [0.25, 0.3) is 0 Å². The standard InChI is InChI=1S/C23H48N4O5/c1-4-24-12-8-16-30-18-20-32-21-19-31-17-9-14-26-23(29)11-7-10-22(28)25-13-5-6-15-27(2)3/h24H,4-21H2,1-3H3,(H,25,28)(H,26,29). The molecule has 2 amide bonds. The van der Waals surface area contributed by atoms with Gasteiger partial charge in [0.1, 0.15) is 0 Å². The Bertz CT molecular complexity index is 439. The topological polar surface area (TPSA) is 101 Å². The number of hydrogen-bond acceptors (Lipinski definition) is 7. The fourth-order valence-corrected chi connectivity index (χ4v) is 2.79. The number of ether oxygens (including phenoxy) is 3. The second-order valence-corrected chi connectivity index (χ2v) is 7.96. The molecule has 0 heterocycles. The van der Waals surface area contributed by atoms with Crippen molar-refractivity contribution in [2.24, 2.45) is 0 Å². The van der Waals surface area contributed by atoms with E-state index in [1.54, 1.807) is 0 Å². The Hall–Kier alpha value is -1.26. The summed E-state index contributed by atoms with van der Waals surface area (Å²) in [6.45, 7) is 10.00. The van der Waals surface area contributed by atoms with Crippen molar-refractivity contribution in [3.8, 4) is 0 Å². The summed E-state index contributed by atoms with van der Waals surface area (Å²) >= 11 is 0. The van der Waals surface area contributed by atoms with Crippen LogP contribution in [0.4, 0.5) is 0 Å². The first-order valence-corrected chi connectivity index (χ1v) is 12.2. The van der Waals surface area contributed by atoms with Gasteiger partial charge >= 0.3 is 0 Å². The van der Waals surface area contributed by atoms with Crippen LogP contribution < -0.4 is 16.0 Å². The largest absolute Gasteiger partial charge is 0.379 e. The monoisotopic (exact) mass is 460 g/mol. The number of carbonyl (C=O) groups is 2. The molecule has 0 aromatic heterocycles. The lowest BCUT2D eigenvalue weighted by Gasteiger charge is -2.09. The molecule has 9 nitrogen and oxygen atoms in total. The van der Waals surface area contributed by atoms with Gasteiger partial charge in [0.2, 0.25) is 11.8 Å². The van der Waals surface area contributed by atoms with Gasteiger partial charge in [0.25, 0.3) is 0 Å². The third-order valence-electron chi connectivity index (χ3n) is 4.59. The minimum absolute atomic E-state index is 0.0161. The Morgan fingerprint density at radius 3 is 1.69 bits per heavy atom. The molecule has 190 valence electrons. The van der Waals surface area contributed by atoms with Crippen molar-refractivity contribution in [1.82, 2.24) is 20.9 Å². The van der Waals surface area contributed by atoms with E-state index in [0.717, 1.165) is 51.9 Å². The number of nitrogens with one attached hydrogen (secondary N) is 3. The van der Waals surface area contributed by atoms with Crippen molar-refractivity contribution in [3.05, 3.63) is 0 Å². The Morgan fingerprint density at radius 2 is 1.16 bits per heavy atom. The molecular formula is C23H48N4O5. The van der Waals surface area contributed by atoms with Gasteiger partial charge in [-0.3, -0.25) is 9.59 Å². The molecule has 0 aliphatic carbocycles. The Balaban J connectivity index is 3.27. The van der Waals surface area contributed by atoms with Gasteiger partial charge in [0, 0.05) is 39.1 Å². The van der Waals surface area contributed by atoms with E-state index in [-0.39, 0.29) is 11.8 Å². The SMILES string of the molecule is CCNCCCOCCOCCOCCCNC(=O)CCCC(=O)NCCCCN(C)C. The average molecular weight is 461 g/mol. The van der Waals surface area contributed by atoms with Crippen LogP contribution in [-0.2, 0) is 23.8 Å². The maximum absolute atomic E-state index is 11.8. The number of carbonyl (C=O) groups excluding carboxylic acids is 2. The molecule has 0 saturated carbocycles. The molecule has 0 bridgehead atoms. The van der Waals surface area contributed by atoms with E-state index in [1.807, 2.05) is 14.1 Å². The molecule has 0 saturated heterocycles. The van der Waals surface area contributed by atoms with Crippen LogP contribution in [0.3, 0.4) is 0 Å². The van der Waals surface area contributed by atoms with Gasteiger partial charge in [-0.15, -0.1) is 0 Å². The molecule has 0 fully saturated rings. The maximum atomic E-state index is 11.8. The summed E-state index contributed by atoms with van der Waals surface area (Å²) in [6, 6.07) is 0. The molecular weight excluding hydrogens is 412 g/mol. The lowest BCUT2D eigenvalue weighted by molar-refractivity contribution is -0.122. The zero-order chi connectivity index (χ0) is 23.7. The van der Waals surface area contributed by atoms with Gasteiger partial charge in [-0.05, 0) is 65.8 Å². The van der Waals surface area contributed by atoms with Crippen LogP contribution in [0.15, 0.2) is 0 Å². The molecule has 0 aliphatic heterocycles. The minimum atomic E-state index is -0.0161. The summed E-state index contributed by atoms with van der Waals surface area (Å²) in [7, 11) is 4.08. The molecule has 0 atom stereocenters. The van der Waals surface area contributed by atoms with Crippen molar-refractivity contribution >= 4 is 11.8 Å². The summed E-state index contributed by atoms with van der Waals surface area (Å²) < 4.78 is 16.4. The molecule has 32 heavy (non-hydrogen) atoms. The quantitative estimate of drug-likeness (QED) is 0.186. The number of unbranched alkanes of at least 4 members (excludes halogenated alkanes) is 1. The summed E-state index contributed by atoms with van der Waals surface area (Å²) in [5.41, 5.74) is 0. The number of hydrogen-bond donors (Lipinski definition) is 3. The lowest BCUT2D eigenvalue weighted by Crippen LogP contribution is -2.27. The highest BCUT2D eigenvalue weighted by molar-refractivity contribution is 5.78. The molecule has 9 heteroatoms. The van der Waals surface area contributed by atoms with E-state index in [1.165, 1.54) is 0 Å². The molecule has 0 aliphatic rings. The number of amides is 2. The summed E-state index contributed by atoms with van der Waals surface area (Å²) in [5, 5.41) is 9.02. The summed E-state index contributed by atoms with van der Waals surface area (Å²) in [4.78, 5) is 25.7. The van der Waals surface area contributed by atoms with E-state index < -0.39 is 0 Å². The smallest absolute Gasteiger partial charge is 0.220 e. The second kappa shape index (κ2) is 24.4. The predicted molar refractivity (Wildman–Crippen MR) is 128 cm³/mol.